The maximum Gasteiger partial charge on any atom is 1.00 e. The van der Waals surface area contributed by atoms with Crippen molar-refractivity contribution < 1.29 is 171 Å². The Labute approximate surface area is 214 Å². The minimum Gasteiger partial charge on any atom is -0.726 e. The molecule has 0 aliphatic carbocycles. The van der Waals surface area contributed by atoms with Crippen LogP contribution in [0.25, 0.3) is 0 Å². The van der Waals surface area contributed by atoms with E-state index >= 15 is 0 Å². The second kappa shape index (κ2) is 18.0. The van der Waals surface area contributed by atoms with Gasteiger partial charge in [-0.15, -0.1) is 0 Å². The molecule has 0 bridgehead atoms. The Balaban J connectivity index is -0.0000000627. The van der Waals surface area contributed by atoms with E-state index < -0.39 is 46.7 Å². The fourth-order valence-corrected chi connectivity index (χ4v) is 0.684. The molecule has 16 heteroatoms. The average molecular weight is 378 g/mol. The number of hydrogen-bond donors (Lipinski definition) is 2. The van der Waals surface area contributed by atoms with Crippen LogP contribution in [0.5, 0.6) is 0 Å². The topological polar surface area (TPSA) is 218 Å². The Hall–Kier alpha value is 2.24. The molecule has 0 spiro atoms. The summed E-state index contributed by atoms with van der Waals surface area (Å²) in [6, 6.07) is 0. The molecule has 2 N–H and O–H groups in total. The summed E-state index contributed by atoms with van der Waals surface area (Å²) in [7, 11) is -4.92. The first-order chi connectivity index (χ1) is 7.78. The van der Waals surface area contributed by atoms with Gasteiger partial charge >= 0.3 is 118 Å². The van der Waals surface area contributed by atoms with Crippen LogP contribution in [0.2, 0.25) is 0 Å². The molecule has 0 unspecified atom stereocenters. The molecular weight excluding hydrogens is 372 g/mol. The number of aliphatic hydroxyl groups is 1. The van der Waals surface area contributed by atoms with Crippen LogP contribution in [0.1, 0.15) is 12.8 Å². The van der Waals surface area contributed by atoms with Crippen LogP contribution in [-0.4, -0.2) is 46.1 Å². The van der Waals surface area contributed by atoms with E-state index in [1.165, 1.54) is 0 Å². The quantitative estimate of drug-likeness (QED) is 0.260. The van der Waals surface area contributed by atoms with Gasteiger partial charge in [-0.2, -0.15) is 0 Å². The Kier molecular flexibility index (Phi) is 32.3. The molecule has 0 amide bonds. The average Bonchev–Trinajstić information content (AvgIpc) is 1.95. The zero-order valence-corrected chi connectivity index (χ0v) is 21.2. The maximum atomic E-state index is 10.1. The van der Waals surface area contributed by atoms with Gasteiger partial charge in [-0.1, -0.05) is 0 Å². The fourth-order valence-electron chi connectivity index (χ4n) is 0.684. The normalized spacial score (nSPS) is 9.05. The third-order valence-electron chi connectivity index (χ3n) is 1.25. The molecule has 11 nitrogen and oxygen atoms in total. The van der Waals surface area contributed by atoms with Crippen molar-refractivity contribution >= 4 is 28.3 Å². The molecule has 0 saturated heterocycles. The van der Waals surface area contributed by atoms with E-state index in [2.05, 4.69) is 0 Å². The van der Waals surface area contributed by atoms with Gasteiger partial charge in [0.05, 0.1) is 5.97 Å². The zero-order chi connectivity index (χ0) is 15.1. The molecule has 0 aliphatic heterocycles. The fraction of sp³-hybridized carbons (Fsp3) is 0.500. The van der Waals surface area contributed by atoms with Gasteiger partial charge in [0.2, 0.25) is 10.4 Å². The van der Waals surface area contributed by atoms with Gasteiger partial charge < -0.3 is 39.4 Å². The standard InChI is InChI=1S/C6H8O7.4Na.H2O4S/c7-3(8)1-6(13,5(11)12)2-4(9)10;;;;;1-5(2,3)4/h13H,1-2H2,(H,7,8)(H,9,10)(H,11,12);;;;;(H2,1,2,3,4)/q;4*+1;/p-4. The number of carboxylic acid groups (broad SMARTS) is 3. The Morgan fingerprint density at radius 2 is 1.05 bits per heavy atom. The summed E-state index contributed by atoms with van der Waals surface area (Å²) in [4.78, 5) is 30.0. The Morgan fingerprint density at radius 3 is 1.14 bits per heavy atom. The van der Waals surface area contributed by atoms with Gasteiger partial charge in [-0.3, -0.25) is 4.55 Å². The minimum absolute atomic E-state index is 0. The molecule has 0 aromatic carbocycles. The van der Waals surface area contributed by atoms with E-state index in [4.69, 9.17) is 22.6 Å². The molecule has 0 aromatic rings. The molecular formula is C6H6Na4O11S. The van der Waals surface area contributed by atoms with Crippen LogP contribution < -0.4 is 134 Å². The number of hydrogen-bond acceptors (Lipinski definition) is 10. The minimum atomic E-state index is -4.92. The van der Waals surface area contributed by atoms with E-state index in [9.17, 15) is 29.7 Å². The van der Waals surface area contributed by atoms with Crippen molar-refractivity contribution in [2.75, 3.05) is 0 Å². The Bertz CT molecular complexity index is 412. The molecule has 0 aliphatic rings. The molecule has 0 fully saturated rings. The first-order valence-corrected chi connectivity index (χ1v) is 5.16. The van der Waals surface area contributed by atoms with Crippen molar-refractivity contribution in [1.82, 2.24) is 0 Å². The summed E-state index contributed by atoms with van der Waals surface area (Å²) >= 11 is 0. The van der Waals surface area contributed by atoms with Gasteiger partial charge in [0, 0.05) is 24.8 Å². The van der Waals surface area contributed by atoms with Crippen LogP contribution >= 0.6 is 0 Å². The van der Waals surface area contributed by atoms with Crippen molar-refractivity contribution in [1.29, 1.82) is 0 Å². The van der Waals surface area contributed by atoms with Gasteiger partial charge in [0.1, 0.15) is 5.60 Å². The molecule has 0 heterocycles. The van der Waals surface area contributed by atoms with E-state index in [1.807, 2.05) is 0 Å². The van der Waals surface area contributed by atoms with Gasteiger partial charge in [-0.05, 0) is 0 Å². The summed E-state index contributed by atoms with van der Waals surface area (Å²) in [6.45, 7) is 0. The summed E-state index contributed by atoms with van der Waals surface area (Å²) in [6.07, 6.45) is -2.72. The van der Waals surface area contributed by atoms with Crippen LogP contribution in [0.3, 0.4) is 0 Å². The largest absolute Gasteiger partial charge is 1.00 e. The summed E-state index contributed by atoms with van der Waals surface area (Å²) in [5.74, 6) is -5.98. The molecule has 0 atom stereocenters. The summed E-state index contributed by atoms with van der Waals surface area (Å²) in [5.41, 5.74) is -2.97. The number of rotatable bonds is 5. The van der Waals surface area contributed by atoms with E-state index in [0.717, 1.165) is 0 Å². The van der Waals surface area contributed by atoms with Crippen LogP contribution in [0.4, 0.5) is 0 Å². The molecule has 0 saturated carbocycles. The predicted molar refractivity (Wildman–Crippen MR) is 41.5 cm³/mol. The Morgan fingerprint density at radius 1 is 0.864 bits per heavy atom. The second-order valence-electron chi connectivity index (χ2n) is 2.84. The molecule has 0 rings (SSSR count). The van der Waals surface area contributed by atoms with Crippen LogP contribution in [-0.2, 0) is 24.8 Å². The number of carbonyl (C=O) groups is 3. The smallest absolute Gasteiger partial charge is 0.726 e. The van der Waals surface area contributed by atoms with Gasteiger partial charge in [0.25, 0.3) is 0 Å². The van der Waals surface area contributed by atoms with Crippen LogP contribution in [0.15, 0.2) is 0 Å². The predicted octanol–water partition coefficient (Wildman–Crippen LogP) is -18.2. The SMILES string of the molecule is O=C([O-])CC(O)(CC(=O)[O-])C(=O)[O-].O=S(=O)([O-])O.[Na+].[Na+].[Na+].[Na+]. The van der Waals surface area contributed by atoms with Crippen molar-refractivity contribution in [3.8, 4) is 0 Å². The molecule has 106 valence electrons. The van der Waals surface area contributed by atoms with Gasteiger partial charge in [-0.25, -0.2) is 8.42 Å². The van der Waals surface area contributed by atoms with E-state index in [-0.39, 0.29) is 118 Å². The van der Waals surface area contributed by atoms with Crippen LogP contribution in [0, 0.1) is 0 Å². The second-order valence-corrected chi connectivity index (χ2v) is 3.70. The van der Waals surface area contributed by atoms with E-state index in [1.54, 1.807) is 0 Å². The maximum absolute atomic E-state index is 10.1. The van der Waals surface area contributed by atoms with Crippen molar-refractivity contribution in [2.45, 2.75) is 18.4 Å². The molecule has 0 aromatic heterocycles. The first-order valence-electron chi connectivity index (χ1n) is 3.80. The van der Waals surface area contributed by atoms with Crippen molar-refractivity contribution in [3.63, 3.8) is 0 Å². The molecule has 0 radical (unpaired) electrons. The number of carbonyl (C=O) groups excluding carboxylic acids is 3. The monoisotopic (exact) mass is 378 g/mol. The zero-order valence-electron chi connectivity index (χ0n) is 12.4. The van der Waals surface area contributed by atoms with Gasteiger partial charge in [0.15, 0.2) is 0 Å². The first kappa shape index (κ1) is 39.4. The third-order valence-corrected chi connectivity index (χ3v) is 1.25. The number of aliphatic carboxylic acids is 3. The van der Waals surface area contributed by atoms with E-state index in [0.29, 0.717) is 0 Å². The summed E-state index contributed by atoms with van der Waals surface area (Å²) in [5, 5.41) is 38.9. The summed E-state index contributed by atoms with van der Waals surface area (Å²) < 4.78 is 32.8. The van der Waals surface area contributed by atoms with Crippen molar-refractivity contribution in [2.24, 2.45) is 0 Å². The third kappa shape index (κ3) is 30.2. The van der Waals surface area contributed by atoms with Crippen molar-refractivity contribution in [3.05, 3.63) is 0 Å². The molecule has 22 heavy (non-hydrogen) atoms. The number of carboxylic acids is 3.